The van der Waals surface area contributed by atoms with E-state index in [2.05, 4.69) is 10.1 Å². The summed E-state index contributed by atoms with van der Waals surface area (Å²) in [6.45, 7) is 0. The van der Waals surface area contributed by atoms with Gasteiger partial charge in [-0.05, 0) is 18.9 Å². The molecule has 0 bridgehead atoms. The van der Waals surface area contributed by atoms with E-state index in [0.717, 1.165) is 6.08 Å². The number of methoxy groups -OCH3 is 1. The lowest BCUT2D eigenvalue weighted by Gasteiger charge is -2.17. The first kappa shape index (κ1) is 14.6. The Kier molecular flexibility index (Phi) is 7.10. The van der Waals surface area contributed by atoms with Gasteiger partial charge in [-0.2, -0.15) is 0 Å². The zero-order valence-corrected chi connectivity index (χ0v) is 8.92. The van der Waals surface area contributed by atoms with Gasteiger partial charge in [0.05, 0.1) is 0 Å². The largest absolute Gasteiger partial charge is 0.480 e. The van der Waals surface area contributed by atoms with Crippen LogP contribution in [0, 0.1) is 0 Å². The molecule has 7 heteroatoms. The second-order valence-corrected chi connectivity index (χ2v) is 3.03. The van der Waals surface area contributed by atoms with Gasteiger partial charge in [0.2, 0.25) is 12.3 Å². The van der Waals surface area contributed by atoms with Gasteiger partial charge < -0.3 is 20.7 Å². The van der Waals surface area contributed by atoms with Crippen molar-refractivity contribution in [1.82, 2.24) is 5.32 Å². The average Bonchev–Trinajstić information content (AvgIpc) is 2.21. The molecule has 0 radical (unpaired) electrons. The van der Waals surface area contributed by atoms with Crippen molar-refractivity contribution >= 4 is 11.9 Å². The number of carbonyl (C=O) groups is 2. The Morgan fingerprint density at radius 2 is 2.19 bits per heavy atom. The van der Waals surface area contributed by atoms with E-state index in [4.69, 9.17) is 15.9 Å². The molecule has 0 heterocycles. The first-order valence-electron chi connectivity index (χ1n) is 4.63. The summed E-state index contributed by atoms with van der Waals surface area (Å²) in [5.41, 5.74) is 4.85. The maximum absolute atomic E-state index is 10.7. The normalized spacial score (nSPS) is 14.9. The summed E-state index contributed by atoms with van der Waals surface area (Å²) in [4.78, 5) is 21.1. The summed E-state index contributed by atoms with van der Waals surface area (Å²) in [5, 5.41) is 20.2. The zero-order chi connectivity index (χ0) is 12.6. The summed E-state index contributed by atoms with van der Waals surface area (Å²) >= 11 is 0. The first-order valence-corrected chi connectivity index (χ1v) is 4.63. The van der Waals surface area contributed by atoms with Crippen molar-refractivity contribution in [3.8, 4) is 0 Å². The highest BCUT2D eigenvalue weighted by atomic mass is 16.6. The molecule has 92 valence electrons. The van der Waals surface area contributed by atoms with E-state index < -0.39 is 24.3 Å². The topological polar surface area (TPSA) is 122 Å². The predicted molar refractivity (Wildman–Crippen MR) is 55.1 cm³/mol. The Morgan fingerprint density at radius 3 is 2.62 bits per heavy atom. The molecule has 0 spiro atoms. The summed E-state index contributed by atoms with van der Waals surface area (Å²) in [7, 11) is 1.24. The molecule has 0 fully saturated rings. The molecule has 0 saturated heterocycles. The molecule has 0 aliphatic rings. The number of carboxylic acid groups (broad SMARTS) is 1. The van der Waals surface area contributed by atoms with Crippen molar-refractivity contribution < 1.29 is 24.5 Å². The number of aliphatic hydroxyl groups is 1. The predicted octanol–water partition coefficient (Wildman–Crippen LogP) is -1.23. The number of ether oxygens (including phenoxy) is 1. The number of nitrogens with one attached hydrogen (secondary N) is 1. The molecule has 0 aliphatic carbocycles. The molecule has 7 nitrogen and oxygen atoms in total. The Hall–Kier alpha value is -1.44. The highest BCUT2D eigenvalue weighted by Crippen LogP contribution is 2.00. The summed E-state index contributed by atoms with van der Waals surface area (Å²) in [6, 6.07) is -0.951. The second kappa shape index (κ2) is 7.80. The van der Waals surface area contributed by atoms with Crippen LogP contribution in [0.15, 0.2) is 12.2 Å². The van der Waals surface area contributed by atoms with Crippen LogP contribution in [0.5, 0.6) is 0 Å². The molecule has 5 N–H and O–H groups in total. The molecular formula is C9H16N2O5. The highest BCUT2D eigenvalue weighted by molar-refractivity contribution is 5.85. The monoisotopic (exact) mass is 232 g/mol. The number of primary amides is 1. The van der Waals surface area contributed by atoms with Gasteiger partial charge in [-0.1, -0.05) is 6.08 Å². The van der Waals surface area contributed by atoms with Gasteiger partial charge >= 0.3 is 5.97 Å². The lowest BCUT2D eigenvalue weighted by molar-refractivity contribution is -0.147. The maximum Gasteiger partial charge on any atom is 0.320 e. The van der Waals surface area contributed by atoms with E-state index >= 15 is 0 Å². The van der Waals surface area contributed by atoms with E-state index in [9.17, 15) is 9.59 Å². The van der Waals surface area contributed by atoms with E-state index in [1.807, 2.05) is 0 Å². The lowest BCUT2D eigenvalue weighted by Crippen LogP contribution is -2.44. The minimum atomic E-state index is -1.33. The number of aliphatic carboxylic acids is 1. The van der Waals surface area contributed by atoms with Crippen LogP contribution in [0.3, 0.4) is 0 Å². The maximum atomic E-state index is 10.7. The van der Waals surface area contributed by atoms with Crippen LogP contribution in [0.4, 0.5) is 0 Å². The fraction of sp³-hybridized carbons (Fsp3) is 0.556. The van der Waals surface area contributed by atoms with Crippen molar-refractivity contribution in [2.75, 3.05) is 7.11 Å². The van der Waals surface area contributed by atoms with Crippen LogP contribution in [-0.4, -0.2) is 41.7 Å². The van der Waals surface area contributed by atoms with Gasteiger partial charge in [-0.25, -0.2) is 0 Å². The van der Waals surface area contributed by atoms with Crippen LogP contribution in [-0.2, 0) is 14.3 Å². The smallest absolute Gasteiger partial charge is 0.320 e. The quantitative estimate of drug-likeness (QED) is 0.307. The molecule has 0 saturated carbocycles. The molecule has 0 aromatic rings. The van der Waals surface area contributed by atoms with Crippen LogP contribution in [0.2, 0.25) is 0 Å². The third kappa shape index (κ3) is 6.93. The van der Waals surface area contributed by atoms with Crippen LogP contribution in [0.1, 0.15) is 12.8 Å². The molecule has 0 aliphatic heterocycles. The number of nitrogens with two attached hydrogens (primary N) is 1. The molecule has 1 amide bonds. The van der Waals surface area contributed by atoms with E-state index in [0.29, 0.717) is 6.42 Å². The minimum absolute atomic E-state index is 0.208. The number of hydrogen-bond donors (Lipinski definition) is 4. The number of carbonyl (C=O) groups excluding carboxylic acids is 1. The zero-order valence-electron chi connectivity index (χ0n) is 8.92. The Balaban J connectivity index is 4.04. The minimum Gasteiger partial charge on any atom is -0.480 e. The number of amides is 1. The molecule has 0 aromatic heterocycles. The number of carboxylic acids is 1. The van der Waals surface area contributed by atoms with Crippen LogP contribution >= 0.6 is 0 Å². The number of aliphatic hydroxyl groups excluding tert-OH is 1. The highest BCUT2D eigenvalue weighted by Gasteiger charge is 2.18. The molecule has 2 atom stereocenters. The second-order valence-electron chi connectivity index (χ2n) is 3.03. The number of rotatable bonds is 8. The fourth-order valence-corrected chi connectivity index (χ4v) is 0.981. The lowest BCUT2D eigenvalue weighted by atomic mass is 10.1. The summed E-state index contributed by atoms with van der Waals surface area (Å²) in [5.74, 6) is -1.69. The molecular weight excluding hydrogens is 216 g/mol. The van der Waals surface area contributed by atoms with Gasteiger partial charge in [0.1, 0.15) is 6.04 Å². The van der Waals surface area contributed by atoms with Gasteiger partial charge in [0, 0.05) is 7.11 Å². The standard InChI is InChI=1S/C9H16N2O5/c1-16-9(15)11-6(8(13)14)4-2-3-5-7(10)12/h3,5-6,9,11,15H,2,4H2,1H3,(H2,10,12)(H,13,14)/b5-3+/t6-,9?/m0/s1. The molecule has 16 heavy (non-hydrogen) atoms. The fourth-order valence-electron chi connectivity index (χ4n) is 0.981. The van der Waals surface area contributed by atoms with E-state index in [-0.39, 0.29) is 6.42 Å². The first-order chi connectivity index (χ1) is 7.47. The third-order valence-electron chi connectivity index (χ3n) is 1.77. The third-order valence-corrected chi connectivity index (χ3v) is 1.77. The summed E-state index contributed by atoms with van der Waals surface area (Å²) in [6.07, 6.45) is 1.86. The van der Waals surface area contributed by atoms with Crippen molar-refractivity contribution in [1.29, 1.82) is 0 Å². The number of allylic oxidation sites excluding steroid dienone is 1. The van der Waals surface area contributed by atoms with Gasteiger partial charge in [-0.15, -0.1) is 0 Å². The average molecular weight is 232 g/mol. The van der Waals surface area contributed by atoms with Crippen molar-refractivity contribution in [3.05, 3.63) is 12.2 Å². The van der Waals surface area contributed by atoms with Crippen molar-refractivity contribution in [3.63, 3.8) is 0 Å². The van der Waals surface area contributed by atoms with E-state index in [1.54, 1.807) is 0 Å². The Bertz CT molecular complexity index is 267. The number of hydrogen-bond acceptors (Lipinski definition) is 5. The van der Waals surface area contributed by atoms with Gasteiger partial charge in [-0.3, -0.25) is 14.9 Å². The molecule has 0 aromatic carbocycles. The van der Waals surface area contributed by atoms with Crippen molar-refractivity contribution in [2.45, 2.75) is 25.3 Å². The van der Waals surface area contributed by atoms with Crippen LogP contribution in [0.25, 0.3) is 0 Å². The van der Waals surface area contributed by atoms with Crippen LogP contribution < -0.4 is 11.1 Å². The molecule has 1 unspecified atom stereocenters. The van der Waals surface area contributed by atoms with Gasteiger partial charge in [0.25, 0.3) is 0 Å². The molecule has 0 rings (SSSR count). The summed E-state index contributed by atoms with van der Waals surface area (Å²) < 4.78 is 4.46. The van der Waals surface area contributed by atoms with Gasteiger partial charge in [0.15, 0.2) is 0 Å². The SMILES string of the molecule is COC(O)N[C@@H](CC/C=C/C(N)=O)C(=O)O. The Labute approximate surface area is 92.9 Å². The van der Waals surface area contributed by atoms with E-state index in [1.165, 1.54) is 13.2 Å². The van der Waals surface area contributed by atoms with Crippen molar-refractivity contribution in [2.24, 2.45) is 5.73 Å². The Morgan fingerprint density at radius 1 is 1.56 bits per heavy atom.